The number of aromatic nitrogens is 1. The van der Waals surface area contributed by atoms with E-state index in [-0.39, 0.29) is 5.92 Å². The van der Waals surface area contributed by atoms with Crippen LogP contribution in [0.2, 0.25) is 0 Å². The van der Waals surface area contributed by atoms with Crippen LogP contribution < -0.4 is 0 Å². The summed E-state index contributed by atoms with van der Waals surface area (Å²) in [6.07, 6.45) is 8.51. The molecule has 1 saturated carbocycles. The summed E-state index contributed by atoms with van der Waals surface area (Å²) in [4.78, 5) is 19.2. The van der Waals surface area contributed by atoms with E-state index in [0.717, 1.165) is 32.4 Å². The first-order chi connectivity index (χ1) is 9.75. The Labute approximate surface area is 121 Å². The van der Waals surface area contributed by atoms with Gasteiger partial charge in [0.15, 0.2) is 0 Å². The molecule has 1 aromatic heterocycles. The second kappa shape index (κ2) is 6.04. The minimum Gasteiger partial charge on any atom is -0.299 e. The van der Waals surface area contributed by atoms with Gasteiger partial charge in [-0.25, -0.2) is 0 Å². The summed E-state index contributed by atoms with van der Waals surface area (Å²) < 4.78 is 0. The molecule has 20 heavy (non-hydrogen) atoms. The maximum atomic E-state index is 12.2. The van der Waals surface area contributed by atoms with Crippen LogP contribution in [0.25, 0.3) is 0 Å². The van der Waals surface area contributed by atoms with E-state index in [1.165, 1.54) is 30.5 Å². The lowest BCUT2D eigenvalue weighted by atomic mass is 9.82. The monoisotopic (exact) mass is 272 g/mol. The van der Waals surface area contributed by atoms with Crippen LogP contribution in [-0.4, -0.2) is 28.3 Å². The molecule has 2 aliphatic rings. The first kappa shape index (κ1) is 13.7. The molecule has 2 fully saturated rings. The zero-order valence-electron chi connectivity index (χ0n) is 12.3. The summed E-state index contributed by atoms with van der Waals surface area (Å²) in [6.45, 7) is 4.14. The Morgan fingerprint density at radius 1 is 1.30 bits per heavy atom. The zero-order valence-corrected chi connectivity index (χ0v) is 12.3. The van der Waals surface area contributed by atoms with Gasteiger partial charge in [-0.3, -0.25) is 14.7 Å². The number of hydrogen-bond donors (Lipinski definition) is 0. The van der Waals surface area contributed by atoms with E-state index >= 15 is 0 Å². The van der Waals surface area contributed by atoms with E-state index < -0.39 is 0 Å². The maximum absolute atomic E-state index is 12.2. The third-order valence-electron chi connectivity index (χ3n) is 4.95. The molecule has 2 heterocycles. The molecule has 0 radical (unpaired) electrons. The van der Waals surface area contributed by atoms with Crippen LogP contribution in [0.3, 0.4) is 0 Å². The quantitative estimate of drug-likeness (QED) is 0.847. The van der Waals surface area contributed by atoms with Gasteiger partial charge >= 0.3 is 0 Å². The molecule has 2 atom stereocenters. The standard InChI is InChI=1S/C17H24N2O/c1-13-6-4-10-18-15(13)12-19-11-5-8-16(19)14-7-2-3-9-17(14)20/h4,6,10,14,16H,2-3,5,7-9,11-12H2,1H3. The van der Waals surface area contributed by atoms with Crippen molar-refractivity contribution in [1.29, 1.82) is 0 Å². The fraction of sp³-hybridized carbons (Fsp3) is 0.647. The van der Waals surface area contributed by atoms with Crippen molar-refractivity contribution in [2.24, 2.45) is 5.92 Å². The second-order valence-corrected chi connectivity index (χ2v) is 6.27. The normalized spacial score (nSPS) is 27.9. The van der Waals surface area contributed by atoms with Crippen molar-refractivity contribution in [3.63, 3.8) is 0 Å². The Morgan fingerprint density at radius 2 is 2.20 bits per heavy atom. The number of carbonyl (C=O) groups excluding carboxylic acids is 1. The van der Waals surface area contributed by atoms with Gasteiger partial charge in [0.05, 0.1) is 5.69 Å². The number of nitrogens with zero attached hydrogens (tertiary/aromatic N) is 2. The van der Waals surface area contributed by atoms with Crippen LogP contribution >= 0.6 is 0 Å². The van der Waals surface area contributed by atoms with Gasteiger partial charge in [0.1, 0.15) is 5.78 Å². The van der Waals surface area contributed by atoms with Crippen molar-refractivity contribution in [2.45, 2.75) is 58.0 Å². The predicted molar refractivity (Wildman–Crippen MR) is 79.4 cm³/mol. The summed E-state index contributed by atoms with van der Waals surface area (Å²) in [7, 11) is 0. The van der Waals surface area contributed by atoms with E-state index in [4.69, 9.17) is 0 Å². The molecule has 1 aliphatic carbocycles. The Balaban J connectivity index is 1.72. The number of ketones is 1. The van der Waals surface area contributed by atoms with Gasteiger partial charge in [0, 0.05) is 31.1 Å². The van der Waals surface area contributed by atoms with Gasteiger partial charge in [-0.2, -0.15) is 0 Å². The molecule has 0 amide bonds. The fourth-order valence-corrected chi connectivity index (χ4v) is 3.80. The first-order valence-electron chi connectivity index (χ1n) is 7.93. The van der Waals surface area contributed by atoms with Gasteiger partial charge in [-0.1, -0.05) is 12.5 Å². The molecule has 0 aromatic carbocycles. The van der Waals surface area contributed by atoms with Gasteiger partial charge in [0.2, 0.25) is 0 Å². The molecule has 3 rings (SSSR count). The summed E-state index contributed by atoms with van der Waals surface area (Å²) in [5, 5.41) is 0. The molecule has 1 aromatic rings. The summed E-state index contributed by atoms with van der Waals surface area (Å²) >= 11 is 0. The number of pyridine rings is 1. The lowest BCUT2D eigenvalue weighted by Gasteiger charge is -2.33. The third-order valence-corrected chi connectivity index (χ3v) is 4.95. The smallest absolute Gasteiger partial charge is 0.137 e. The maximum Gasteiger partial charge on any atom is 0.137 e. The number of carbonyl (C=O) groups is 1. The highest BCUT2D eigenvalue weighted by molar-refractivity contribution is 5.82. The van der Waals surface area contributed by atoms with E-state index in [0.29, 0.717) is 11.8 Å². The van der Waals surface area contributed by atoms with Crippen molar-refractivity contribution in [3.8, 4) is 0 Å². The van der Waals surface area contributed by atoms with Crippen molar-refractivity contribution in [2.75, 3.05) is 6.54 Å². The number of aryl methyl sites for hydroxylation is 1. The number of hydrogen-bond acceptors (Lipinski definition) is 3. The highest BCUT2D eigenvalue weighted by Gasteiger charge is 2.36. The number of Topliss-reactive ketones (excluding diaryl/α,β-unsaturated/α-hetero) is 1. The lowest BCUT2D eigenvalue weighted by molar-refractivity contribution is -0.126. The van der Waals surface area contributed by atoms with Gasteiger partial charge < -0.3 is 0 Å². The molecule has 3 heteroatoms. The minimum atomic E-state index is 0.287. The topological polar surface area (TPSA) is 33.2 Å². The van der Waals surface area contributed by atoms with Crippen LogP contribution in [0, 0.1) is 12.8 Å². The third kappa shape index (κ3) is 2.78. The Hall–Kier alpha value is -1.22. The fourth-order valence-electron chi connectivity index (χ4n) is 3.80. The molecular formula is C17H24N2O. The molecule has 0 bridgehead atoms. The van der Waals surface area contributed by atoms with Crippen LogP contribution in [0.4, 0.5) is 0 Å². The highest BCUT2D eigenvalue weighted by atomic mass is 16.1. The van der Waals surface area contributed by atoms with E-state index in [9.17, 15) is 4.79 Å². The van der Waals surface area contributed by atoms with E-state index in [2.05, 4.69) is 22.9 Å². The first-order valence-corrected chi connectivity index (χ1v) is 7.93. The average molecular weight is 272 g/mol. The molecule has 2 unspecified atom stereocenters. The van der Waals surface area contributed by atoms with E-state index in [1.54, 1.807) is 0 Å². The van der Waals surface area contributed by atoms with Crippen molar-refractivity contribution in [3.05, 3.63) is 29.6 Å². The summed E-state index contributed by atoms with van der Waals surface area (Å²) in [5.74, 6) is 0.793. The summed E-state index contributed by atoms with van der Waals surface area (Å²) in [6, 6.07) is 4.58. The van der Waals surface area contributed by atoms with E-state index in [1.807, 2.05) is 12.3 Å². The van der Waals surface area contributed by atoms with Gasteiger partial charge in [-0.15, -0.1) is 0 Å². The molecular weight excluding hydrogens is 248 g/mol. The van der Waals surface area contributed by atoms with Crippen molar-refractivity contribution < 1.29 is 4.79 Å². The molecule has 0 spiro atoms. The van der Waals surface area contributed by atoms with Crippen LogP contribution in [0.5, 0.6) is 0 Å². The van der Waals surface area contributed by atoms with Crippen molar-refractivity contribution >= 4 is 5.78 Å². The van der Waals surface area contributed by atoms with Crippen LogP contribution in [-0.2, 0) is 11.3 Å². The Morgan fingerprint density at radius 3 is 3.00 bits per heavy atom. The second-order valence-electron chi connectivity index (χ2n) is 6.27. The zero-order chi connectivity index (χ0) is 13.9. The lowest BCUT2D eigenvalue weighted by Crippen LogP contribution is -2.40. The number of rotatable bonds is 3. The van der Waals surface area contributed by atoms with Gasteiger partial charge in [0.25, 0.3) is 0 Å². The van der Waals surface area contributed by atoms with Crippen molar-refractivity contribution in [1.82, 2.24) is 9.88 Å². The molecule has 1 saturated heterocycles. The SMILES string of the molecule is Cc1cccnc1CN1CCCC1C1CCCCC1=O. The summed E-state index contributed by atoms with van der Waals surface area (Å²) in [5.41, 5.74) is 2.43. The molecule has 3 nitrogen and oxygen atoms in total. The van der Waals surface area contributed by atoms with Gasteiger partial charge in [-0.05, 0) is 50.8 Å². The molecule has 108 valence electrons. The Kier molecular flexibility index (Phi) is 4.16. The minimum absolute atomic E-state index is 0.287. The Bertz CT molecular complexity index is 486. The molecule has 1 aliphatic heterocycles. The average Bonchev–Trinajstić information content (AvgIpc) is 2.90. The van der Waals surface area contributed by atoms with Crippen LogP contribution in [0.15, 0.2) is 18.3 Å². The largest absolute Gasteiger partial charge is 0.299 e. The predicted octanol–water partition coefficient (Wildman–Crippen LogP) is 3.11. The highest BCUT2D eigenvalue weighted by Crippen LogP contribution is 2.33. The van der Waals surface area contributed by atoms with Crippen LogP contribution in [0.1, 0.15) is 49.8 Å². The number of likely N-dealkylation sites (tertiary alicyclic amines) is 1. The molecule has 0 N–H and O–H groups in total.